The first-order chi connectivity index (χ1) is 17.4. The second-order valence-corrected chi connectivity index (χ2v) is 9.84. The van der Waals surface area contributed by atoms with Gasteiger partial charge in [0.2, 0.25) is 5.95 Å². The van der Waals surface area contributed by atoms with Gasteiger partial charge >= 0.3 is 0 Å². The number of piperidine rings is 1. The molecule has 0 bridgehead atoms. The number of fused-ring (bicyclic) bond motifs is 2. The zero-order valence-corrected chi connectivity index (χ0v) is 20.7. The average Bonchev–Trinajstić information content (AvgIpc) is 3.53. The topological polar surface area (TPSA) is 89.2 Å². The summed E-state index contributed by atoms with van der Waals surface area (Å²) in [5, 5.41) is 16.7. The van der Waals surface area contributed by atoms with Crippen molar-refractivity contribution < 1.29 is 13.9 Å². The van der Waals surface area contributed by atoms with E-state index in [2.05, 4.69) is 25.7 Å². The van der Waals surface area contributed by atoms with Gasteiger partial charge in [0.25, 0.3) is 5.91 Å². The van der Waals surface area contributed by atoms with Crippen LogP contribution in [0.25, 0.3) is 21.8 Å². The van der Waals surface area contributed by atoms with E-state index >= 15 is 4.39 Å². The molecule has 1 aliphatic carbocycles. The van der Waals surface area contributed by atoms with Crippen LogP contribution in [0.3, 0.4) is 0 Å². The third kappa shape index (κ3) is 4.05. The molecular weight excluding hydrogens is 461 g/mol. The van der Waals surface area contributed by atoms with Crippen molar-refractivity contribution in [2.75, 3.05) is 30.4 Å². The van der Waals surface area contributed by atoms with Crippen LogP contribution in [0, 0.1) is 5.95 Å². The smallest absolute Gasteiger partial charge is 0.258 e. The molecule has 4 aromatic rings. The van der Waals surface area contributed by atoms with Crippen molar-refractivity contribution in [3.05, 3.63) is 42.0 Å². The fourth-order valence-electron chi connectivity index (χ4n) is 5.19. The van der Waals surface area contributed by atoms with Gasteiger partial charge in [0.1, 0.15) is 11.3 Å². The molecular formula is C26H30FN7O2. The van der Waals surface area contributed by atoms with Crippen LogP contribution in [-0.2, 0) is 14.1 Å². The highest BCUT2D eigenvalue weighted by molar-refractivity contribution is 6.14. The van der Waals surface area contributed by atoms with E-state index in [1.54, 1.807) is 31.0 Å². The van der Waals surface area contributed by atoms with Crippen LogP contribution < -0.4 is 20.3 Å². The second kappa shape index (κ2) is 8.77. The molecule has 0 radical (unpaired) electrons. The van der Waals surface area contributed by atoms with E-state index in [1.165, 1.54) is 17.5 Å². The minimum absolute atomic E-state index is 0.312. The number of halogens is 1. The van der Waals surface area contributed by atoms with Gasteiger partial charge in [-0.25, -0.2) is 4.68 Å². The van der Waals surface area contributed by atoms with Crippen molar-refractivity contribution in [3.8, 4) is 5.75 Å². The Bertz CT molecular complexity index is 1460. The van der Waals surface area contributed by atoms with Crippen LogP contribution in [0.1, 0.15) is 36.0 Å². The van der Waals surface area contributed by atoms with Crippen LogP contribution in [-0.4, -0.2) is 57.8 Å². The monoisotopic (exact) mass is 491 g/mol. The first kappa shape index (κ1) is 22.8. The molecule has 6 rings (SSSR count). The molecule has 2 N–H and O–H groups in total. The summed E-state index contributed by atoms with van der Waals surface area (Å²) in [6.45, 7) is 1.67. The molecule has 10 heteroatoms. The summed E-state index contributed by atoms with van der Waals surface area (Å²) in [4.78, 5) is 15.6. The molecule has 2 fully saturated rings. The molecule has 1 amide bonds. The largest absolute Gasteiger partial charge is 0.494 e. The van der Waals surface area contributed by atoms with E-state index < -0.39 is 5.95 Å². The van der Waals surface area contributed by atoms with Crippen molar-refractivity contribution in [1.82, 2.24) is 24.9 Å². The van der Waals surface area contributed by atoms with Crippen molar-refractivity contribution in [2.24, 2.45) is 14.1 Å². The Balaban J connectivity index is 1.31. The van der Waals surface area contributed by atoms with Crippen molar-refractivity contribution >= 4 is 39.1 Å². The van der Waals surface area contributed by atoms with Gasteiger partial charge in [-0.1, -0.05) is 0 Å². The first-order valence-electron chi connectivity index (χ1n) is 12.4. The number of aryl methyl sites for hydroxylation is 2. The summed E-state index contributed by atoms with van der Waals surface area (Å²) in [6, 6.07) is 8.38. The van der Waals surface area contributed by atoms with Gasteiger partial charge in [-0.15, -0.1) is 0 Å². The van der Waals surface area contributed by atoms with Gasteiger partial charge in [-0.05, 0) is 43.9 Å². The molecule has 3 heterocycles. The molecule has 0 unspecified atom stereocenters. The molecule has 2 aromatic carbocycles. The number of rotatable bonds is 6. The number of anilines is 2. The van der Waals surface area contributed by atoms with E-state index in [9.17, 15) is 4.79 Å². The Morgan fingerprint density at radius 2 is 1.83 bits per heavy atom. The van der Waals surface area contributed by atoms with Crippen LogP contribution in [0.2, 0.25) is 0 Å². The average molecular weight is 492 g/mol. The van der Waals surface area contributed by atoms with Gasteiger partial charge in [-0.2, -0.15) is 14.6 Å². The zero-order valence-electron chi connectivity index (χ0n) is 20.7. The molecule has 188 valence electrons. The lowest BCUT2D eigenvalue weighted by Crippen LogP contribution is -2.43. The summed E-state index contributed by atoms with van der Waals surface area (Å²) >= 11 is 0. The number of nitrogens with one attached hydrogen (secondary N) is 2. The molecule has 9 nitrogen and oxygen atoms in total. The van der Waals surface area contributed by atoms with Gasteiger partial charge in [0.05, 0.1) is 35.0 Å². The Morgan fingerprint density at radius 3 is 2.56 bits per heavy atom. The van der Waals surface area contributed by atoms with E-state index in [4.69, 9.17) is 4.74 Å². The molecule has 2 aliphatic rings. The normalized spacial score (nSPS) is 16.7. The summed E-state index contributed by atoms with van der Waals surface area (Å²) in [7, 11) is 4.95. The lowest BCUT2D eigenvalue weighted by atomic mass is 10.0. The van der Waals surface area contributed by atoms with Gasteiger partial charge in [0.15, 0.2) is 0 Å². The van der Waals surface area contributed by atoms with Crippen LogP contribution in [0.4, 0.5) is 15.8 Å². The molecule has 1 saturated carbocycles. The molecule has 2 aromatic heterocycles. The predicted octanol–water partition coefficient (Wildman–Crippen LogP) is 3.58. The number of benzene rings is 2. The SMILES string of the molecule is COc1cc2nn(C)cc2cc1NC(=O)c1ccc(N2CCC(NC3CC3)CC2)c2c(F)n(C)nc12. The third-order valence-corrected chi connectivity index (χ3v) is 7.21. The molecule has 0 spiro atoms. The maximum absolute atomic E-state index is 15.3. The highest BCUT2D eigenvalue weighted by Gasteiger charge is 2.29. The summed E-state index contributed by atoms with van der Waals surface area (Å²) in [5.41, 5.74) is 2.73. The number of carbonyl (C=O) groups is 1. The van der Waals surface area contributed by atoms with E-state index in [0.717, 1.165) is 42.5 Å². The number of aromatic nitrogens is 4. The second-order valence-electron chi connectivity index (χ2n) is 9.84. The number of methoxy groups -OCH3 is 1. The number of carbonyl (C=O) groups excluding carboxylic acids is 1. The Kier molecular flexibility index (Phi) is 5.55. The van der Waals surface area contributed by atoms with Crippen molar-refractivity contribution in [2.45, 2.75) is 37.8 Å². The minimum Gasteiger partial charge on any atom is -0.494 e. The molecule has 0 atom stereocenters. The quantitative estimate of drug-likeness (QED) is 0.429. The predicted molar refractivity (Wildman–Crippen MR) is 137 cm³/mol. The van der Waals surface area contributed by atoms with Gasteiger partial charge in [-0.3, -0.25) is 9.48 Å². The number of amides is 1. The standard InChI is InChI=1S/C26H30FN7O2/c1-32-14-15-12-20(22(36-3)13-19(15)30-32)29-26(35)18-6-7-21(23-24(18)31-33(2)25(23)27)34-10-8-17(9-11-34)28-16-4-5-16/h6-7,12-14,16-17,28H,4-5,8-11H2,1-3H3,(H,29,35). The van der Waals surface area contributed by atoms with Gasteiger partial charge in [0, 0.05) is 56.9 Å². The highest BCUT2D eigenvalue weighted by atomic mass is 19.1. The third-order valence-electron chi connectivity index (χ3n) is 7.21. The fraction of sp³-hybridized carbons (Fsp3) is 0.423. The lowest BCUT2D eigenvalue weighted by Gasteiger charge is -2.34. The van der Waals surface area contributed by atoms with E-state index in [-0.39, 0.29) is 5.91 Å². The first-order valence-corrected chi connectivity index (χ1v) is 12.4. The number of ether oxygens (including phenoxy) is 1. The Labute approximate surface area is 208 Å². The number of hydrogen-bond donors (Lipinski definition) is 2. The Hall–Kier alpha value is -3.66. The van der Waals surface area contributed by atoms with Crippen LogP contribution in [0.15, 0.2) is 30.5 Å². The Morgan fingerprint density at radius 1 is 1.08 bits per heavy atom. The van der Waals surface area contributed by atoms with Crippen molar-refractivity contribution in [1.29, 1.82) is 0 Å². The lowest BCUT2D eigenvalue weighted by molar-refractivity contribution is 0.102. The minimum atomic E-state index is -0.442. The number of hydrogen-bond acceptors (Lipinski definition) is 6. The van der Waals surface area contributed by atoms with Crippen molar-refractivity contribution in [3.63, 3.8) is 0 Å². The highest BCUT2D eigenvalue weighted by Crippen LogP contribution is 2.35. The van der Waals surface area contributed by atoms with E-state index in [1.807, 2.05) is 25.4 Å². The summed E-state index contributed by atoms with van der Waals surface area (Å²) in [6.07, 6.45) is 6.44. The maximum Gasteiger partial charge on any atom is 0.258 e. The van der Waals surface area contributed by atoms with Gasteiger partial charge < -0.3 is 20.3 Å². The zero-order chi connectivity index (χ0) is 25.0. The van der Waals surface area contributed by atoms with E-state index in [0.29, 0.717) is 40.0 Å². The van der Waals surface area contributed by atoms with Crippen LogP contribution in [0.5, 0.6) is 5.75 Å². The number of nitrogens with zero attached hydrogens (tertiary/aromatic N) is 5. The molecule has 1 saturated heterocycles. The van der Waals surface area contributed by atoms with Crippen LogP contribution >= 0.6 is 0 Å². The molecule has 36 heavy (non-hydrogen) atoms. The fourth-order valence-corrected chi connectivity index (χ4v) is 5.19. The maximum atomic E-state index is 15.3. The summed E-state index contributed by atoms with van der Waals surface area (Å²) in [5.74, 6) is -0.321. The summed E-state index contributed by atoms with van der Waals surface area (Å²) < 4.78 is 23.7. The molecule has 1 aliphatic heterocycles.